The number of imidazole rings is 1. The number of hydrogen-bond donors (Lipinski definition) is 1. The molecule has 1 aromatic heterocycles. The first kappa shape index (κ1) is 13.8. The van der Waals surface area contributed by atoms with Crippen molar-refractivity contribution in [3.05, 3.63) is 59.4 Å². The van der Waals surface area contributed by atoms with Crippen LogP contribution in [-0.2, 0) is 0 Å². The molecule has 0 aliphatic heterocycles. The maximum Gasteiger partial charge on any atom is 0.100 e. The van der Waals surface area contributed by atoms with Gasteiger partial charge >= 0.3 is 0 Å². The lowest BCUT2D eigenvalue weighted by Gasteiger charge is -2.11. The molecule has 2 aromatic carbocycles. The number of fused-ring (bicyclic) bond motifs is 1. The average molecular weight is 279 g/mol. The topological polar surface area (TPSA) is 43.8 Å². The Morgan fingerprint density at radius 3 is 2.43 bits per heavy atom. The summed E-state index contributed by atoms with van der Waals surface area (Å²) in [5, 5.41) is 0. The lowest BCUT2D eigenvalue weighted by atomic mass is 10.1. The van der Waals surface area contributed by atoms with Crippen LogP contribution in [0.1, 0.15) is 36.1 Å². The Kier molecular flexibility index (Phi) is 3.52. The summed E-state index contributed by atoms with van der Waals surface area (Å²) in [5.41, 5.74) is 13.1. The number of hydrogen-bond acceptors (Lipinski definition) is 2. The van der Waals surface area contributed by atoms with Gasteiger partial charge in [-0.2, -0.15) is 0 Å². The second-order valence-electron chi connectivity index (χ2n) is 5.65. The highest BCUT2D eigenvalue weighted by Gasteiger charge is 2.08. The summed E-state index contributed by atoms with van der Waals surface area (Å²) < 4.78 is 2.13. The highest BCUT2D eigenvalue weighted by atomic mass is 15.0. The van der Waals surface area contributed by atoms with Gasteiger partial charge in [-0.1, -0.05) is 19.1 Å². The molecular formula is C18H21N3. The minimum Gasteiger partial charge on any atom is -0.324 e. The first-order chi connectivity index (χ1) is 10.1. The molecule has 0 spiro atoms. The molecule has 3 aromatic rings. The highest BCUT2D eigenvalue weighted by molar-refractivity contribution is 5.79. The molecule has 2 N–H and O–H groups in total. The average Bonchev–Trinajstić information content (AvgIpc) is 2.90. The van der Waals surface area contributed by atoms with E-state index < -0.39 is 0 Å². The summed E-state index contributed by atoms with van der Waals surface area (Å²) in [6.45, 7) is 6.36. The Labute approximate surface area is 125 Å². The molecule has 0 fully saturated rings. The van der Waals surface area contributed by atoms with E-state index in [0.29, 0.717) is 0 Å². The van der Waals surface area contributed by atoms with E-state index >= 15 is 0 Å². The minimum absolute atomic E-state index is 0.114. The molecule has 0 bridgehead atoms. The van der Waals surface area contributed by atoms with Crippen molar-refractivity contribution in [1.29, 1.82) is 0 Å². The maximum absolute atomic E-state index is 6.07. The van der Waals surface area contributed by atoms with E-state index in [1.165, 1.54) is 16.7 Å². The largest absolute Gasteiger partial charge is 0.324 e. The standard InChI is InChI=1S/C18H21N3/c1-4-16(19)14-5-7-15(8-6-14)21-11-20-17-9-12(2)13(3)10-18(17)21/h5-11,16H,4,19H2,1-3H3. The number of nitrogens with two attached hydrogens (primary N) is 1. The smallest absolute Gasteiger partial charge is 0.100 e. The highest BCUT2D eigenvalue weighted by Crippen LogP contribution is 2.23. The molecular weight excluding hydrogens is 258 g/mol. The van der Waals surface area contributed by atoms with Gasteiger partial charge in [0, 0.05) is 11.7 Å². The molecule has 3 rings (SSSR count). The summed E-state index contributed by atoms with van der Waals surface area (Å²) >= 11 is 0. The van der Waals surface area contributed by atoms with Crippen molar-refractivity contribution in [1.82, 2.24) is 9.55 Å². The van der Waals surface area contributed by atoms with Gasteiger partial charge in [-0.25, -0.2) is 4.98 Å². The molecule has 0 radical (unpaired) electrons. The van der Waals surface area contributed by atoms with Crippen molar-refractivity contribution in [3.63, 3.8) is 0 Å². The number of benzene rings is 2. The Morgan fingerprint density at radius 2 is 1.76 bits per heavy atom. The Bertz CT molecular complexity index is 769. The van der Waals surface area contributed by atoms with Gasteiger partial charge < -0.3 is 5.73 Å². The van der Waals surface area contributed by atoms with Gasteiger partial charge in [-0.3, -0.25) is 4.57 Å². The van der Waals surface area contributed by atoms with Crippen molar-refractivity contribution in [2.24, 2.45) is 5.73 Å². The Morgan fingerprint density at radius 1 is 1.10 bits per heavy atom. The van der Waals surface area contributed by atoms with Crippen molar-refractivity contribution in [2.75, 3.05) is 0 Å². The maximum atomic E-state index is 6.07. The van der Waals surface area contributed by atoms with Crippen LogP contribution in [-0.4, -0.2) is 9.55 Å². The van der Waals surface area contributed by atoms with E-state index in [-0.39, 0.29) is 6.04 Å². The molecule has 0 saturated carbocycles. The van der Waals surface area contributed by atoms with E-state index in [4.69, 9.17) is 5.73 Å². The van der Waals surface area contributed by atoms with Crippen molar-refractivity contribution < 1.29 is 0 Å². The molecule has 0 aliphatic carbocycles. The fraction of sp³-hybridized carbons (Fsp3) is 0.278. The van der Waals surface area contributed by atoms with E-state index in [0.717, 1.165) is 23.1 Å². The van der Waals surface area contributed by atoms with Gasteiger partial charge in [0.15, 0.2) is 0 Å². The summed E-state index contributed by atoms with van der Waals surface area (Å²) in [4.78, 5) is 4.51. The van der Waals surface area contributed by atoms with Crippen LogP contribution in [0, 0.1) is 13.8 Å². The van der Waals surface area contributed by atoms with Crippen LogP contribution in [0.5, 0.6) is 0 Å². The van der Waals surface area contributed by atoms with Gasteiger partial charge in [-0.15, -0.1) is 0 Å². The normalized spacial score (nSPS) is 12.8. The first-order valence-electron chi connectivity index (χ1n) is 7.40. The predicted octanol–water partition coefficient (Wildman–Crippen LogP) is 4.05. The van der Waals surface area contributed by atoms with E-state index in [9.17, 15) is 0 Å². The summed E-state index contributed by atoms with van der Waals surface area (Å²) in [6, 6.07) is 12.9. The third kappa shape index (κ3) is 2.45. The van der Waals surface area contributed by atoms with Crippen LogP contribution in [0.2, 0.25) is 0 Å². The molecule has 0 amide bonds. The number of rotatable bonds is 3. The number of aryl methyl sites for hydroxylation is 2. The summed E-state index contributed by atoms with van der Waals surface area (Å²) in [7, 11) is 0. The fourth-order valence-electron chi connectivity index (χ4n) is 2.59. The molecule has 108 valence electrons. The fourth-order valence-corrected chi connectivity index (χ4v) is 2.59. The van der Waals surface area contributed by atoms with Gasteiger partial charge in [-0.05, 0) is 61.2 Å². The molecule has 21 heavy (non-hydrogen) atoms. The third-order valence-electron chi connectivity index (χ3n) is 4.20. The third-order valence-corrected chi connectivity index (χ3v) is 4.20. The molecule has 1 heterocycles. The van der Waals surface area contributed by atoms with Gasteiger partial charge in [0.2, 0.25) is 0 Å². The number of nitrogens with zero attached hydrogens (tertiary/aromatic N) is 2. The van der Waals surface area contributed by atoms with E-state index in [2.05, 4.69) is 66.7 Å². The Hall–Kier alpha value is -2.13. The van der Waals surface area contributed by atoms with Crippen molar-refractivity contribution >= 4 is 11.0 Å². The molecule has 0 aliphatic rings. The van der Waals surface area contributed by atoms with Crippen LogP contribution >= 0.6 is 0 Å². The first-order valence-corrected chi connectivity index (χ1v) is 7.40. The van der Waals surface area contributed by atoms with Crippen LogP contribution < -0.4 is 5.73 Å². The van der Waals surface area contributed by atoms with Crippen LogP contribution in [0.15, 0.2) is 42.7 Å². The van der Waals surface area contributed by atoms with Gasteiger partial charge in [0.05, 0.1) is 11.0 Å². The summed E-state index contributed by atoms with van der Waals surface area (Å²) in [5.74, 6) is 0. The zero-order valence-corrected chi connectivity index (χ0v) is 12.8. The number of aromatic nitrogens is 2. The van der Waals surface area contributed by atoms with E-state index in [1.807, 2.05) is 6.33 Å². The van der Waals surface area contributed by atoms with Crippen LogP contribution in [0.25, 0.3) is 16.7 Å². The van der Waals surface area contributed by atoms with Crippen molar-refractivity contribution in [3.8, 4) is 5.69 Å². The SMILES string of the molecule is CCC(N)c1ccc(-n2cnc3cc(C)c(C)cc32)cc1. The monoisotopic (exact) mass is 279 g/mol. The molecule has 1 atom stereocenters. The lowest BCUT2D eigenvalue weighted by molar-refractivity contribution is 0.698. The zero-order valence-electron chi connectivity index (χ0n) is 12.8. The van der Waals surface area contributed by atoms with Crippen molar-refractivity contribution in [2.45, 2.75) is 33.2 Å². The van der Waals surface area contributed by atoms with Gasteiger partial charge in [0.1, 0.15) is 6.33 Å². The van der Waals surface area contributed by atoms with E-state index in [1.54, 1.807) is 0 Å². The minimum atomic E-state index is 0.114. The van der Waals surface area contributed by atoms with Crippen LogP contribution in [0.4, 0.5) is 0 Å². The van der Waals surface area contributed by atoms with Gasteiger partial charge in [0.25, 0.3) is 0 Å². The predicted molar refractivity (Wildman–Crippen MR) is 87.8 cm³/mol. The zero-order chi connectivity index (χ0) is 15.0. The molecule has 3 nitrogen and oxygen atoms in total. The lowest BCUT2D eigenvalue weighted by Crippen LogP contribution is -2.08. The second kappa shape index (κ2) is 5.34. The molecule has 1 unspecified atom stereocenters. The second-order valence-corrected chi connectivity index (χ2v) is 5.65. The van der Waals surface area contributed by atoms with Crippen LogP contribution in [0.3, 0.4) is 0 Å². The quantitative estimate of drug-likeness (QED) is 0.786. The molecule has 0 saturated heterocycles. The Balaban J connectivity index is 2.06. The summed E-state index contributed by atoms with van der Waals surface area (Å²) in [6.07, 6.45) is 2.84. The molecule has 3 heteroatoms.